The average Bonchev–Trinajstić information content (AvgIpc) is 2.82. The second-order valence-electron chi connectivity index (χ2n) is 7.49. The van der Waals surface area contributed by atoms with Gasteiger partial charge in [-0.25, -0.2) is 0 Å². The SMILES string of the molecule is COc1cccc(COC(C)C(=O)N(Cc2ccccc2O)C(C)c2ccccc2)c1. The second-order valence-corrected chi connectivity index (χ2v) is 7.49. The van der Waals surface area contributed by atoms with Crippen molar-refractivity contribution in [1.29, 1.82) is 0 Å². The normalized spacial score (nSPS) is 12.7. The van der Waals surface area contributed by atoms with Gasteiger partial charge in [0.15, 0.2) is 0 Å². The second kappa shape index (κ2) is 10.6. The maximum atomic E-state index is 13.4. The standard InChI is InChI=1S/C26H29NO4/c1-19(22-11-5-4-6-12-22)27(17-23-13-7-8-15-25(23)28)26(29)20(2)31-18-21-10-9-14-24(16-21)30-3/h4-16,19-20,28H,17-18H2,1-3H3. The molecule has 0 saturated heterocycles. The number of amides is 1. The van der Waals surface area contributed by atoms with Crippen LogP contribution in [0, 0.1) is 0 Å². The number of hydrogen-bond donors (Lipinski definition) is 1. The van der Waals surface area contributed by atoms with E-state index >= 15 is 0 Å². The van der Waals surface area contributed by atoms with Crippen molar-refractivity contribution in [3.8, 4) is 11.5 Å². The van der Waals surface area contributed by atoms with E-state index in [2.05, 4.69) is 0 Å². The van der Waals surface area contributed by atoms with E-state index in [4.69, 9.17) is 9.47 Å². The molecule has 0 radical (unpaired) electrons. The highest BCUT2D eigenvalue weighted by Crippen LogP contribution is 2.27. The summed E-state index contributed by atoms with van der Waals surface area (Å²) in [6, 6.07) is 24.3. The third kappa shape index (κ3) is 5.86. The quantitative estimate of drug-likeness (QED) is 0.524. The molecule has 0 heterocycles. The third-order valence-corrected chi connectivity index (χ3v) is 5.35. The van der Waals surface area contributed by atoms with E-state index in [1.54, 1.807) is 31.1 Å². The van der Waals surface area contributed by atoms with Gasteiger partial charge in [-0.05, 0) is 43.2 Å². The van der Waals surface area contributed by atoms with Crippen LogP contribution in [0.3, 0.4) is 0 Å². The Labute approximate surface area is 183 Å². The summed E-state index contributed by atoms with van der Waals surface area (Å²) in [7, 11) is 1.62. The summed E-state index contributed by atoms with van der Waals surface area (Å²) < 4.78 is 11.2. The van der Waals surface area contributed by atoms with Gasteiger partial charge in [-0.1, -0.05) is 60.7 Å². The number of rotatable bonds is 9. The number of phenols is 1. The summed E-state index contributed by atoms with van der Waals surface area (Å²) in [5.74, 6) is 0.784. The van der Waals surface area contributed by atoms with Crippen LogP contribution in [0.25, 0.3) is 0 Å². The highest BCUT2D eigenvalue weighted by molar-refractivity contribution is 5.81. The van der Waals surface area contributed by atoms with Crippen LogP contribution in [0.2, 0.25) is 0 Å². The topological polar surface area (TPSA) is 59.0 Å². The number of hydrogen-bond acceptors (Lipinski definition) is 4. The van der Waals surface area contributed by atoms with Crippen LogP contribution < -0.4 is 4.74 Å². The van der Waals surface area contributed by atoms with E-state index < -0.39 is 6.10 Å². The number of carbonyl (C=O) groups is 1. The smallest absolute Gasteiger partial charge is 0.252 e. The van der Waals surface area contributed by atoms with Crippen molar-refractivity contribution < 1.29 is 19.4 Å². The zero-order chi connectivity index (χ0) is 22.2. The molecule has 0 aliphatic carbocycles. The zero-order valence-electron chi connectivity index (χ0n) is 18.2. The lowest BCUT2D eigenvalue weighted by atomic mass is 10.0. The Hall–Kier alpha value is -3.31. The van der Waals surface area contributed by atoms with Gasteiger partial charge in [-0.3, -0.25) is 4.79 Å². The first-order chi connectivity index (χ1) is 15.0. The van der Waals surface area contributed by atoms with E-state index in [9.17, 15) is 9.90 Å². The fourth-order valence-corrected chi connectivity index (χ4v) is 3.43. The maximum Gasteiger partial charge on any atom is 0.252 e. The lowest BCUT2D eigenvalue weighted by Crippen LogP contribution is -2.40. The van der Waals surface area contributed by atoms with E-state index in [0.717, 1.165) is 16.9 Å². The molecule has 0 aliphatic rings. The van der Waals surface area contributed by atoms with Crippen molar-refractivity contribution in [1.82, 2.24) is 4.90 Å². The molecule has 2 atom stereocenters. The third-order valence-electron chi connectivity index (χ3n) is 5.35. The van der Waals surface area contributed by atoms with E-state index in [1.165, 1.54) is 0 Å². The summed E-state index contributed by atoms with van der Waals surface area (Å²) in [6.45, 7) is 4.34. The number of carbonyl (C=O) groups excluding carboxylic acids is 1. The molecule has 2 unspecified atom stereocenters. The van der Waals surface area contributed by atoms with Crippen LogP contribution in [0.1, 0.15) is 36.6 Å². The van der Waals surface area contributed by atoms with Gasteiger partial charge in [0.05, 0.1) is 19.8 Å². The van der Waals surface area contributed by atoms with E-state index in [0.29, 0.717) is 12.2 Å². The minimum absolute atomic E-state index is 0.137. The average molecular weight is 420 g/mol. The molecule has 3 rings (SSSR count). The van der Waals surface area contributed by atoms with Crippen LogP contribution in [0.15, 0.2) is 78.9 Å². The van der Waals surface area contributed by atoms with Gasteiger partial charge in [0.25, 0.3) is 5.91 Å². The molecule has 5 nitrogen and oxygen atoms in total. The molecule has 0 spiro atoms. The van der Waals surface area contributed by atoms with Crippen molar-refractivity contribution >= 4 is 5.91 Å². The monoisotopic (exact) mass is 419 g/mol. The molecular weight excluding hydrogens is 390 g/mol. The Kier molecular flexibility index (Phi) is 7.68. The van der Waals surface area contributed by atoms with Gasteiger partial charge in [-0.2, -0.15) is 0 Å². The zero-order valence-corrected chi connectivity index (χ0v) is 18.2. The summed E-state index contributed by atoms with van der Waals surface area (Å²) in [4.78, 5) is 15.2. The van der Waals surface area contributed by atoms with Crippen LogP contribution in [0.5, 0.6) is 11.5 Å². The lowest BCUT2D eigenvalue weighted by Gasteiger charge is -2.32. The minimum atomic E-state index is -0.650. The molecule has 0 bridgehead atoms. The number of nitrogens with zero attached hydrogens (tertiary/aromatic N) is 1. The van der Waals surface area contributed by atoms with Gasteiger partial charge in [-0.15, -0.1) is 0 Å². The number of para-hydroxylation sites is 1. The Morgan fingerprint density at radius 2 is 1.68 bits per heavy atom. The highest BCUT2D eigenvalue weighted by Gasteiger charge is 2.27. The maximum absolute atomic E-state index is 13.4. The van der Waals surface area contributed by atoms with Crippen LogP contribution in [-0.2, 0) is 22.7 Å². The van der Waals surface area contributed by atoms with Gasteiger partial charge in [0.1, 0.15) is 17.6 Å². The Morgan fingerprint density at radius 3 is 2.39 bits per heavy atom. The summed E-state index contributed by atoms with van der Waals surface area (Å²) in [5.41, 5.74) is 2.65. The number of methoxy groups -OCH3 is 1. The van der Waals surface area contributed by atoms with Crippen molar-refractivity contribution in [3.05, 3.63) is 95.6 Å². The van der Waals surface area contributed by atoms with Crippen molar-refractivity contribution in [2.75, 3.05) is 7.11 Å². The summed E-state index contributed by atoms with van der Waals surface area (Å²) in [5, 5.41) is 10.3. The van der Waals surface area contributed by atoms with Crippen molar-refractivity contribution in [2.24, 2.45) is 0 Å². The van der Waals surface area contributed by atoms with Gasteiger partial charge in [0, 0.05) is 12.1 Å². The first kappa shape index (κ1) is 22.4. The number of phenolic OH excluding ortho intramolecular Hbond substituents is 1. The molecule has 0 aromatic heterocycles. The number of benzene rings is 3. The molecule has 162 valence electrons. The predicted molar refractivity (Wildman–Crippen MR) is 121 cm³/mol. The summed E-state index contributed by atoms with van der Waals surface area (Å²) >= 11 is 0. The summed E-state index contributed by atoms with van der Waals surface area (Å²) in [6.07, 6.45) is -0.650. The molecule has 3 aromatic rings. The van der Waals surface area contributed by atoms with Crippen LogP contribution in [-0.4, -0.2) is 29.1 Å². The van der Waals surface area contributed by atoms with E-state index in [-0.39, 0.29) is 24.2 Å². The van der Waals surface area contributed by atoms with Crippen molar-refractivity contribution in [3.63, 3.8) is 0 Å². The fourth-order valence-electron chi connectivity index (χ4n) is 3.43. The molecule has 5 heteroatoms. The van der Waals surface area contributed by atoms with Gasteiger partial charge in [0.2, 0.25) is 0 Å². The Balaban J connectivity index is 1.78. The highest BCUT2D eigenvalue weighted by atomic mass is 16.5. The first-order valence-corrected chi connectivity index (χ1v) is 10.4. The predicted octanol–water partition coefficient (Wildman–Crippen LogP) is 5.10. The lowest BCUT2D eigenvalue weighted by molar-refractivity contribution is -0.146. The minimum Gasteiger partial charge on any atom is -0.508 e. The van der Waals surface area contributed by atoms with Gasteiger partial charge < -0.3 is 19.5 Å². The molecule has 0 aliphatic heterocycles. The fraction of sp³-hybridized carbons (Fsp3) is 0.269. The van der Waals surface area contributed by atoms with E-state index in [1.807, 2.05) is 73.7 Å². The van der Waals surface area contributed by atoms with Gasteiger partial charge >= 0.3 is 0 Å². The molecular formula is C26H29NO4. The largest absolute Gasteiger partial charge is 0.508 e. The first-order valence-electron chi connectivity index (χ1n) is 10.4. The van der Waals surface area contributed by atoms with Crippen LogP contribution in [0.4, 0.5) is 0 Å². The number of ether oxygens (including phenoxy) is 2. The van der Waals surface area contributed by atoms with Crippen LogP contribution >= 0.6 is 0 Å². The molecule has 0 fully saturated rings. The molecule has 0 saturated carbocycles. The Morgan fingerprint density at radius 1 is 0.968 bits per heavy atom. The molecule has 1 N–H and O–H groups in total. The molecule has 3 aromatic carbocycles. The van der Waals surface area contributed by atoms with Crippen molar-refractivity contribution in [2.45, 2.75) is 39.1 Å². The molecule has 31 heavy (non-hydrogen) atoms. The number of aromatic hydroxyl groups is 1. The Bertz CT molecular complexity index is 989. The molecule has 1 amide bonds.